The quantitative estimate of drug-likeness (QED) is 0.160. The van der Waals surface area contributed by atoms with Crippen LogP contribution in [0.25, 0.3) is 111 Å². The van der Waals surface area contributed by atoms with Crippen molar-refractivity contribution in [2.75, 3.05) is 0 Å². The van der Waals surface area contributed by atoms with Gasteiger partial charge >= 0.3 is 0 Å². The molecular weight excluding hydrogens is 695 g/mol. The van der Waals surface area contributed by atoms with Gasteiger partial charge in [0.05, 0.1) is 22.6 Å². The summed E-state index contributed by atoms with van der Waals surface area (Å²) >= 11 is 0. The summed E-state index contributed by atoms with van der Waals surface area (Å²) in [4.78, 5) is 15.9. The summed E-state index contributed by atoms with van der Waals surface area (Å²) in [5.41, 5.74) is 13.6. The topological polar surface area (TPSA) is 51.8 Å². The van der Waals surface area contributed by atoms with Gasteiger partial charge < -0.3 is 4.42 Å². The van der Waals surface area contributed by atoms with E-state index in [4.69, 9.17) is 19.4 Å². The van der Waals surface area contributed by atoms with Gasteiger partial charge in [-0.3, -0.25) is 0 Å². The van der Waals surface area contributed by atoms with E-state index in [-0.39, 0.29) is 0 Å². The van der Waals surface area contributed by atoms with E-state index in [1.165, 1.54) is 0 Å². The molecule has 0 bridgehead atoms. The first-order chi connectivity index (χ1) is 28.3. The predicted molar refractivity (Wildman–Crippen MR) is 235 cm³/mol. The van der Waals surface area contributed by atoms with Gasteiger partial charge in [0.1, 0.15) is 11.2 Å². The normalized spacial score (nSPS) is 11.5. The van der Waals surface area contributed by atoms with Gasteiger partial charge in [-0.25, -0.2) is 15.0 Å². The Morgan fingerprint density at radius 1 is 0.298 bits per heavy atom. The van der Waals surface area contributed by atoms with Gasteiger partial charge in [0.15, 0.2) is 5.82 Å². The van der Waals surface area contributed by atoms with E-state index < -0.39 is 0 Å². The molecule has 11 rings (SSSR count). The largest absolute Gasteiger partial charge is 0.456 e. The number of para-hydroxylation sites is 2. The molecule has 3 aromatic heterocycles. The molecule has 0 aliphatic rings. The van der Waals surface area contributed by atoms with Crippen LogP contribution in [0.1, 0.15) is 0 Å². The summed E-state index contributed by atoms with van der Waals surface area (Å²) in [6.45, 7) is 0. The summed E-state index contributed by atoms with van der Waals surface area (Å²) in [5.74, 6) is 0.687. The molecular formula is C53H33N3O. The van der Waals surface area contributed by atoms with Gasteiger partial charge in [0, 0.05) is 60.3 Å². The van der Waals surface area contributed by atoms with Crippen molar-refractivity contribution in [1.29, 1.82) is 0 Å². The Labute approximate surface area is 329 Å². The average molecular weight is 728 g/mol. The van der Waals surface area contributed by atoms with Crippen LogP contribution in [0.3, 0.4) is 0 Å². The molecule has 0 atom stereocenters. The highest BCUT2D eigenvalue weighted by atomic mass is 16.3. The zero-order valence-electron chi connectivity index (χ0n) is 30.8. The van der Waals surface area contributed by atoms with Crippen LogP contribution in [0.4, 0.5) is 0 Å². The Morgan fingerprint density at radius 2 is 0.772 bits per heavy atom. The van der Waals surface area contributed by atoms with Gasteiger partial charge in [-0.15, -0.1) is 0 Å². The van der Waals surface area contributed by atoms with Gasteiger partial charge in [-0.05, 0) is 29.3 Å². The van der Waals surface area contributed by atoms with E-state index in [2.05, 4.69) is 158 Å². The first-order valence-corrected chi connectivity index (χ1v) is 19.2. The minimum absolute atomic E-state index is 0.687. The maximum absolute atomic E-state index is 6.61. The number of aromatic nitrogens is 3. The van der Waals surface area contributed by atoms with Crippen molar-refractivity contribution in [2.24, 2.45) is 0 Å². The first-order valence-electron chi connectivity index (χ1n) is 19.2. The number of fused-ring (bicyclic) bond motifs is 6. The third-order valence-corrected chi connectivity index (χ3v) is 10.9. The maximum Gasteiger partial charge on any atom is 0.160 e. The number of furan rings is 1. The van der Waals surface area contributed by atoms with Gasteiger partial charge in [-0.2, -0.15) is 0 Å². The number of pyridine rings is 1. The van der Waals surface area contributed by atoms with Crippen molar-refractivity contribution < 1.29 is 4.42 Å². The molecule has 0 saturated carbocycles. The van der Waals surface area contributed by atoms with Gasteiger partial charge in [0.25, 0.3) is 0 Å². The van der Waals surface area contributed by atoms with E-state index in [0.29, 0.717) is 5.82 Å². The number of benzene rings is 8. The zero-order chi connectivity index (χ0) is 37.7. The van der Waals surface area contributed by atoms with Crippen LogP contribution < -0.4 is 0 Å². The lowest BCUT2D eigenvalue weighted by Crippen LogP contribution is -2.01. The monoisotopic (exact) mass is 727 g/mol. The second kappa shape index (κ2) is 13.6. The van der Waals surface area contributed by atoms with Crippen LogP contribution in [0.15, 0.2) is 205 Å². The third kappa shape index (κ3) is 5.58. The van der Waals surface area contributed by atoms with E-state index >= 15 is 0 Å². The Bertz CT molecular complexity index is 3190. The smallest absolute Gasteiger partial charge is 0.160 e. The molecule has 57 heavy (non-hydrogen) atoms. The molecule has 0 aliphatic carbocycles. The SMILES string of the molecule is c1ccc(-c2nc(-c3ccccc3)c(-c3ccc(-c4nc5ccccc5c5c(-c6ccccc6)c6c(cc45)oc4ccccc46)cc3)c(-c3ccccc3)n2)cc1. The highest BCUT2D eigenvalue weighted by Gasteiger charge is 2.23. The fraction of sp³-hybridized carbons (Fsp3) is 0. The molecule has 0 N–H and O–H groups in total. The zero-order valence-corrected chi connectivity index (χ0v) is 30.8. The van der Waals surface area contributed by atoms with Crippen LogP contribution in [0.2, 0.25) is 0 Å². The Morgan fingerprint density at radius 3 is 1.40 bits per heavy atom. The predicted octanol–water partition coefficient (Wildman–Crippen LogP) is 14.1. The molecule has 4 nitrogen and oxygen atoms in total. The summed E-state index contributed by atoms with van der Waals surface area (Å²) in [7, 11) is 0. The van der Waals surface area contributed by atoms with Gasteiger partial charge in [-0.1, -0.05) is 182 Å². The number of hydrogen-bond donors (Lipinski definition) is 0. The van der Waals surface area contributed by atoms with Crippen molar-refractivity contribution in [3.05, 3.63) is 200 Å². The average Bonchev–Trinajstić information content (AvgIpc) is 3.67. The van der Waals surface area contributed by atoms with E-state index in [9.17, 15) is 0 Å². The molecule has 0 amide bonds. The molecule has 0 fully saturated rings. The van der Waals surface area contributed by atoms with Crippen LogP contribution in [0.5, 0.6) is 0 Å². The first kappa shape index (κ1) is 32.7. The lowest BCUT2D eigenvalue weighted by Gasteiger charge is -2.18. The van der Waals surface area contributed by atoms with Crippen molar-refractivity contribution in [2.45, 2.75) is 0 Å². The minimum Gasteiger partial charge on any atom is -0.456 e. The molecule has 11 aromatic rings. The van der Waals surface area contributed by atoms with E-state index in [0.717, 1.165) is 105 Å². The van der Waals surface area contributed by atoms with Crippen LogP contribution in [-0.4, -0.2) is 15.0 Å². The second-order valence-corrected chi connectivity index (χ2v) is 14.3. The molecule has 3 heterocycles. The number of nitrogens with zero attached hydrogens (tertiary/aromatic N) is 3. The minimum atomic E-state index is 0.687. The maximum atomic E-state index is 6.61. The fourth-order valence-electron chi connectivity index (χ4n) is 8.29. The lowest BCUT2D eigenvalue weighted by atomic mass is 9.89. The molecule has 0 unspecified atom stereocenters. The number of hydrogen-bond acceptors (Lipinski definition) is 4. The third-order valence-electron chi connectivity index (χ3n) is 10.9. The molecule has 0 spiro atoms. The van der Waals surface area contributed by atoms with Gasteiger partial charge in [0.2, 0.25) is 0 Å². The Kier molecular flexibility index (Phi) is 7.78. The molecule has 0 radical (unpaired) electrons. The highest BCUT2D eigenvalue weighted by Crippen LogP contribution is 2.47. The lowest BCUT2D eigenvalue weighted by molar-refractivity contribution is 0.669. The summed E-state index contributed by atoms with van der Waals surface area (Å²) < 4.78 is 6.61. The summed E-state index contributed by atoms with van der Waals surface area (Å²) in [5, 5.41) is 5.52. The highest BCUT2D eigenvalue weighted by molar-refractivity contribution is 6.27. The van der Waals surface area contributed by atoms with Crippen LogP contribution >= 0.6 is 0 Å². The molecule has 266 valence electrons. The standard InChI is InChI=1S/C53H33N3O/c1-5-17-34(18-6-1)46-48-40-25-13-15-27-43(40)54-50(42(48)33-45-49(46)41-26-14-16-28-44(41)57-45)38-31-29-35(30-32-38)47-51(36-19-7-2-8-20-36)55-53(39-23-11-4-12-24-39)56-52(47)37-21-9-3-10-22-37/h1-33H. The van der Waals surface area contributed by atoms with E-state index in [1.54, 1.807) is 0 Å². The summed E-state index contributed by atoms with van der Waals surface area (Å²) in [6.07, 6.45) is 0. The van der Waals surface area contributed by atoms with Crippen molar-refractivity contribution in [3.63, 3.8) is 0 Å². The molecule has 0 aliphatic heterocycles. The molecule has 0 saturated heterocycles. The molecule has 8 aromatic carbocycles. The molecule has 4 heteroatoms. The second-order valence-electron chi connectivity index (χ2n) is 14.3. The van der Waals surface area contributed by atoms with E-state index in [1.807, 2.05) is 42.5 Å². The Hall–Kier alpha value is -7.69. The van der Waals surface area contributed by atoms with Crippen LogP contribution in [0, 0.1) is 0 Å². The van der Waals surface area contributed by atoms with Crippen molar-refractivity contribution in [3.8, 4) is 67.4 Å². The fourth-order valence-corrected chi connectivity index (χ4v) is 8.29. The van der Waals surface area contributed by atoms with Crippen LogP contribution in [-0.2, 0) is 0 Å². The van der Waals surface area contributed by atoms with Crippen molar-refractivity contribution >= 4 is 43.6 Å². The summed E-state index contributed by atoms with van der Waals surface area (Å²) in [6, 6.07) is 69.4. The van der Waals surface area contributed by atoms with Crippen molar-refractivity contribution in [1.82, 2.24) is 15.0 Å². The number of rotatable bonds is 6. The Balaban J connectivity index is 1.17.